The Morgan fingerprint density at radius 1 is 1.15 bits per heavy atom. The van der Waals surface area contributed by atoms with E-state index < -0.39 is 0 Å². The highest BCUT2D eigenvalue weighted by Gasteiger charge is 2.40. The Labute approximate surface area is 124 Å². The Balaban J connectivity index is 1.81. The molecule has 0 aromatic heterocycles. The number of aliphatic hydroxyl groups is 1. The maximum atomic E-state index is 10.6. The van der Waals surface area contributed by atoms with Crippen molar-refractivity contribution in [3.63, 3.8) is 0 Å². The molecule has 2 unspecified atom stereocenters. The van der Waals surface area contributed by atoms with Gasteiger partial charge >= 0.3 is 0 Å². The Kier molecular flexibility index (Phi) is 5.46. The van der Waals surface area contributed by atoms with Gasteiger partial charge in [-0.15, -0.1) is 0 Å². The molecule has 4 heteroatoms. The molecule has 20 heavy (non-hydrogen) atoms. The molecule has 2 fully saturated rings. The first-order chi connectivity index (χ1) is 9.40. The number of likely N-dealkylation sites (N-methyl/N-ethyl adjacent to an activating group) is 1. The molecule has 0 aromatic carbocycles. The first-order valence-electron chi connectivity index (χ1n) is 8.19. The largest absolute Gasteiger partial charge is 0.391 e. The van der Waals surface area contributed by atoms with Crippen LogP contribution < -0.4 is 0 Å². The molecular formula is C16H33N3O. The number of aliphatic hydroxyl groups excluding tert-OH is 1. The number of hydrogen-bond donors (Lipinski definition) is 1. The lowest BCUT2D eigenvalue weighted by Crippen LogP contribution is -2.58. The van der Waals surface area contributed by atoms with Gasteiger partial charge in [0.25, 0.3) is 0 Å². The van der Waals surface area contributed by atoms with Crippen molar-refractivity contribution in [1.29, 1.82) is 0 Å². The molecule has 4 nitrogen and oxygen atoms in total. The van der Waals surface area contributed by atoms with Crippen molar-refractivity contribution in [3.8, 4) is 0 Å². The minimum atomic E-state index is -0.162. The van der Waals surface area contributed by atoms with Gasteiger partial charge in [0.1, 0.15) is 0 Å². The van der Waals surface area contributed by atoms with Crippen molar-refractivity contribution in [2.45, 2.75) is 45.3 Å². The van der Waals surface area contributed by atoms with Crippen molar-refractivity contribution >= 4 is 0 Å². The second kappa shape index (κ2) is 6.73. The van der Waals surface area contributed by atoms with Crippen molar-refractivity contribution in [2.24, 2.45) is 5.41 Å². The molecule has 0 radical (unpaired) electrons. The maximum Gasteiger partial charge on any atom is 0.0746 e. The van der Waals surface area contributed by atoms with Crippen molar-refractivity contribution < 1.29 is 5.11 Å². The normalized spacial score (nSPS) is 32.7. The third kappa shape index (κ3) is 3.94. The van der Waals surface area contributed by atoms with Gasteiger partial charge in [0.05, 0.1) is 6.10 Å². The van der Waals surface area contributed by atoms with Crippen LogP contribution in [0.25, 0.3) is 0 Å². The third-order valence-electron chi connectivity index (χ3n) is 5.23. The Morgan fingerprint density at radius 2 is 1.80 bits per heavy atom. The van der Waals surface area contributed by atoms with Crippen LogP contribution in [0.5, 0.6) is 0 Å². The van der Waals surface area contributed by atoms with Gasteiger partial charge in [-0.1, -0.05) is 20.3 Å². The summed E-state index contributed by atoms with van der Waals surface area (Å²) in [7, 11) is 4.27. The average molecular weight is 283 g/mol. The molecule has 118 valence electrons. The van der Waals surface area contributed by atoms with Gasteiger partial charge in [0.2, 0.25) is 0 Å². The summed E-state index contributed by atoms with van der Waals surface area (Å²) < 4.78 is 0. The van der Waals surface area contributed by atoms with E-state index in [1.165, 1.54) is 19.4 Å². The molecule has 2 rings (SSSR count). The quantitative estimate of drug-likeness (QED) is 0.837. The summed E-state index contributed by atoms with van der Waals surface area (Å²) in [6.07, 6.45) is 3.43. The van der Waals surface area contributed by atoms with Gasteiger partial charge in [-0.05, 0) is 32.4 Å². The van der Waals surface area contributed by atoms with Crippen molar-refractivity contribution in [2.75, 3.05) is 53.4 Å². The SMILES string of the molecule is CN(C)CCN1CCN(C2CCCC(C)(C)C2O)CC1. The number of nitrogens with zero attached hydrogens (tertiary/aromatic N) is 3. The smallest absolute Gasteiger partial charge is 0.0746 e. The molecule has 1 aliphatic heterocycles. The maximum absolute atomic E-state index is 10.6. The summed E-state index contributed by atoms with van der Waals surface area (Å²) >= 11 is 0. The van der Waals surface area contributed by atoms with E-state index in [2.05, 4.69) is 42.6 Å². The second-order valence-corrected chi connectivity index (χ2v) is 7.57. The van der Waals surface area contributed by atoms with E-state index in [1.54, 1.807) is 0 Å². The molecular weight excluding hydrogens is 250 g/mol. The minimum Gasteiger partial charge on any atom is -0.391 e. The molecule has 2 aliphatic rings. The highest BCUT2D eigenvalue weighted by molar-refractivity contribution is 4.94. The summed E-state index contributed by atoms with van der Waals surface area (Å²) in [5.41, 5.74) is 0.0883. The van der Waals surface area contributed by atoms with E-state index in [1.807, 2.05) is 0 Å². The predicted octanol–water partition coefficient (Wildman–Crippen LogP) is 1.11. The van der Waals surface area contributed by atoms with E-state index in [0.717, 1.165) is 39.1 Å². The van der Waals surface area contributed by atoms with Crippen LogP contribution in [-0.4, -0.2) is 85.3 Å². The monoisotopic (exact) mass is 283 g/mol. The highest BCUT2D eigenvalue weighted by atomic mass is 16.3. The Bertz CT molecular complexity index is 298. The van der Waals surface area contributed by atoms with E-state index in [0.29, 0.717) is 6.04 Å². The summed E-state index contributed by atoms with van der Waals surface area (Å²) in [4.78, 5) is 7.34. The molecule has 0 bridgehead atoms. The second-order valence-electron chi connectivity index (χ2n) is 7.57. The van der Waals surface area contributed by atoms with Crippen LogP contribution in [-0.2, 0) is 0 Å². The van der Waals surface area contributed by atoms with Crippen molar-refractivity contribution in [3.05, 3.63) is 0 Å². The molecule has 1 aliphatic carbocycles. The molecule has 1 saturated carbocycles. The third-order valence-corrected chi connectivity index (χ3v) is 5.23. The van der Waals surface area contributed by atoms with Crippen molar-refractivity contribution in [1.82, 2.24) is 14.7 Å². The lowest BCUT2D eigenvalue weighted by Gasteiger charge is -2.48. The molecule has 1 N–H and O–H groups in total. The zero-order chi connectivity index (χ0) is 14.8. The van der Waals surface area contributed by atoms with Crippen LogP contribution in [0.15, 0.2) is 0 Å². The van der Waals surface area contributed by atoms with Gasteiger partial charge in [-0.3, -0.25) is 9.80 Å². The number of piperazine rings is 1. The molecule has 1 heterocycles. The molecule has 2 atom stereocenters. The minimum absolute atomic E-state index is 0.0883. The predicted molar refractivity (Wildman–Crippen MR) is 84.0 cm³/mol. The molecule has 1 saturated heterocycles. The van der Waals surface area contributed by atoms with Gasteiger partial charge in [0, 0.05) is 45.3 Å². The first-order valence-corrected chi connectivity index (χ1v) is 8.19. The zero-order valence-electron chi connectivity index (χ0n) is 13.8. The van der Waals surface area contributed by atoms with Crippen LogP contribution in [0.3, 0.4) is 0 Å². The van der Waals surface area contributed by atoms with Gasteiger partial charge in [0.15, 0.2) is 0 Å². The Hall–Kier alpha value is -0.160. The summed E-state index contributed by atoms with van der Waals surface area (Å²) in [6, 6.07) is 0.384. The standard InChI is InChI=1S/C16H33N3O/c1-16(2)7-5-6-14(15(16)20)19-12-10-18(11-13-19)9-8-17(3)4/h14-15,20H,5-13H2,1-4H3. The van der Waals surface area contributed by atoms with Crippen LogP contribution in [0, 0.1) is 5.41 Å². The first kappa shape index (κ1) is 16.2. The molecule has 0 amide bonds. The lowest BCUT2D eigenvalue weighted by atomic mass is 9.72. The molecule has 0 aromatic rings. The van der Waals surface area contributed by atoms with Gasteiger partial charge < -0.3 is 10.0 Å². The fraction of sp³-hybridized carbons (Fsp3) is 1.00. The van der Waals surface area contributed by atoms with E-state index >= 15 is 0 Å². The highest BCUT2D eigenvalue weighted by Crippen LogP contribution is 2.37. The fourth-order valence-corrected chi connectivity index (χ4v) is 3.64. The number of hydrogen-bond acceptors (Lipinski definition) is 4. The van der Waals surface area contributed by atoms with E-state index in [4.69, 9.17) is 0 Å². The van der Waals surface area contributed by atoms with Crippen LogP contribution in [0.1, 0.15) is 33.1 Å². The average Bonchev–Trinajstić information content (AvgIpc) is 2.40. The Morgan fingerprint density at radius 3 is 2.40 bits per heavy atom. The lowest BCUT2D eigenvalue weighted by molar-refractivity contribution is -0.0677. The topological polar surface area (TPSA) is 30.0 Å². The van der Waals surface area contributed by atoms with Crippen LogP contribution in [0.2, 0.25) is 0 Å². The fourth-order valence-electron chi connectivity index (χ4n) is 3.64. The van der Waals surface area contributed by atoms with E-state index in [-0.39, 0.29) is 11.5 Å². The van der Waals surface area contributed by atoms with Crippen LogP contribution >= 0.6 is 0 Å². The summed E-state index contributed by atoms with van der Waals surface area (Å²) in [6.45, 7) is 11.3. The number of rotatable bonds is 4. The summed E-state index contributed by atoms with van der Waals surface area (Å²) in [5.74, 6) is 0. The summed E-state index contributed by atoms with van der Waals surface area (Å²) in [5, 5.41) is 10.6. The zero-order valence-corrected chi connectivity index (χ0v) is 13.8. The van der Waals surface area contributed by atoms with Crippen LogP contribution in [0.4, 0.5) is 0 Å². The van der Waals surface area contributed by atoms with Gasteiger partial charge in [-0.25, -0.2) is 0 Å². The van der Waals surface area contributed by atoms with Gasteiger partial charge in [-0.2, -0.15) is 0 Å². The molecule has 0 spiro atoms. The van der Waals surface area contributed by atoms with E-state index in [9.17, 15) is 5.11 Å².